The smallest absolute Gasteiger partial charge is 0.374 e. The average molecular weight is 252 g/mol. The lowest BCUT2D eigenvalue weighted by Gasteiger charge is -2.20. The number of ether oxygens (including phenoxy) is 1. The summed E-state index contributed by atoms with van der Waals surface area (Å²) >= 11 is 1.46. The fraction of sp³-hybridized carbons (Fsp3) is 0.333. The van der Waals surface area contributed by atoms with Gasteiger partial charge in [-0.15, -0.1) is 5.10 Å². The number of thioether (sulfide) groups is 1. The SMILES string of the molecule is O=C(OC1CSc2nnnn2C1)c1ccco1. The van der Waals surface area contributed by atoms with Crippen molar-refractivity contribution < 1.29 is 13.9 Å². The summed E-state index contributed by atoms with van der Waals surface area (Å²) in [7, 11) is 0. The van der Waals surface area contributed by atoms with Gasteiger partial charge in [0.05, 0.1) is 12.8 Å². The number of rotatable bonds is 2. The molecule has 1 unspecified atom stereocenters. The molecule has 0 aromatic carbocycles. The number of furan rings is 1. The molecule has 0 aliphatic carbocycles. The highest BCUT2D eigenvalue weighted by Gasteiger charge is 2.25. The molecule has 88 valence electrons. The van der Waals surface area contributed by atoms with Gasteiger partial charge in [0.25, 0.3) is 0 Å². The Labute approximate surface area is 100 Å². The van der Waals surface area contributed by atoms with E-state index < -0.39 is 5.97 Å². The van der Waals surface area contributed by atoms with Crippen molar-refractivity contribution in [2.24, 2.45) is 0 Å². The van der Waals surface area contributed by atoms with Crippen LogP contribution in [0.25, 0.3) is 0 Å². The van der Waals surface area contributed by atoms with E-state index in [4.69, 9.17) is 9.15 Å². The zero-order chi connectivity index (χ0) is 11.7. The normalized spacial score (nSPS) is 18.7. The van der Waals surface area contributed by atoms with E-state index in [1.165, 1.54) is 18.0 Å². The van der Waals surface area contributed by atoms with Crippen molar-refractivity contribution in [1.82, 2.24) is 20.2 Å². The second-order valence-corrected chi connectivity index (χ2v) is 4.45. The number of aromatic nitrogens is 4. The van der Waals surface area contributed by atoms with Crippen LogP contribution in [0.4, 0.5) is 0 Å². The second kappa shape index (κ2) is 4.21. The molecule has 0 saturated carbocycles. The highest BCUT2D eigenvalue weighted by molar-refractivity contribution is 7.99. The van der Waals surface area contributed by atoms with Crippen LogP contribution in [0.1, 0.15) is 10.6 Å². The molecule has 3 rings (SSSR count). The number of carbonyl (C=O) groups excluding carboxylic acids is 1. The number of fused-ring (bicyclic) bond motifs is 1. The van der Waals surface area contributed by atoms with Crippen LogP contribution >= 0.6 is 11.8 Å². The topological polar surface area (TPSA) is 83.0 Å². The number of nitrogens with zero attached hydrogens (tertiary/aromatic N) is 4. The van der Waals surface area contributed by atoms with Crippen LogP contribution in [0.15, 0.2) is 28.0 Å². The van der Waals surface area contributed by atoms with Crippen molar-refractivity contribution in [2.45, 2.75) is 17.8 Å². The zero-order valence-corrected chi connectivity index (χ0v) is 9.46. The Bertz CT molecular complexity index is 524. The predicted molar refractivity (Wildman–Crippen MR) is 56.5 cm³/mol. The molecule has 0 fully saturated rings. The molecule has 0 N–H and O–H groups in total. The Balaban J connectivity index is 1.66. The minimum atomic E-state index is -0.461. The van der Waals surface area contributed by atoms with Gasteiger partial charge >= 0.3 is 5.97 Å². The maximum atomic E-state index is 11.6. The van der Waals surface area contributed by atoms with E-state index in [0.717, 1.165) is 5.16 Å². The summed E-state index contributed by atoms with van der Waals surface area (Å²) in [6.07, 6.45) is 1.19. The molecular weight excluding hydrogens is 244 g/mol. The van der Waals surface area contributed by atoms with Gasteiger partial charge in [-0.25, -0.2) is 9.48 Å². The molecule has 3 heterocycles. The van der Waals surface area contributed by atoms with Crippen molar-refractivity contribution in [1.29, 1.82) is 0 Å². The second-order valence-electron chi connectivity index (χ2n) is 3.46. The molecular formula is C9H8N4O3S. The van der Waals surface area contributed by atoms with Crippen LogP contribution in [0.5, 0.6) is 0 Å². The van der Waals surface area contributed by atoms with E-state index in [0.29, 0.717) is 12.3 Å². The summed E-state index contributed by atoms with van der Waals surface area (Å²) in [6, 6.07) is 3.21. The van der Waals surface area contributed by atoms with Crippen LogP contribution in [0, 0.1) is 0 Å². The van der Waals surface area contributed by atoms with Crippen LogP contribution < -0.4 is 0 Å². The summed E-state index contributed by atoms with van der Waals surface area (Å²) in [5.41, 5.74) is 0. The first-order valence-corrected chi connectivity index (χ1v) is 5.95. The first-order chi connectivity index (χ1) is 8.33. The first-order valence-electron chi connectivity index (χ1n) is 4.96. The minimum Gasteiger partial charge on any atom is -0.457 e. The highest BCUT2D eigenvalue weighted by atomic mass is 32.2. The van der Waals surface area contributed by atoms with E-state index >= 15 is 0 Å². The summed E-state index contributed by atoms with van der Waals surface area (Å²) in [4.78, 5) is 11.6. The van der Waals surface area contributed by atoms with Crippen molar-refractivity contribution in [3.8, 4) is 0 Å². The van der Waals surface area contributed by atoms with Gasteiger partial charge in [-0.1, -0.05) is 11.8 Å². The monoisotopic (exact) mass is 252 g/mol. The Morgan fingerprint density at radius 1 is 1.65 bits per heavy atom. The summed E-state index contributed by atoms with van der Waals surface area (Å²) in [5.74, 6) is 0.391. The third-order valence-electron chi connectivity index (χ3n) is 2.27. The molecule has 0 saturated heterocycles. The van der Waals surface area contributed by atoms with E-state index in [1.54, 1.807) is 16.8 Å². The number of esters is 1. The van der Waals surface area contributed by atoms with Crippen LogP contribution in [-0.4, -0.2) is 38.0 Å². The van der Waals surface area contributed by atoms with Gasteiger partial charge in [-0.05, 0) is 22.6 Å². The lowest BCUT2D eigenvalue weighted by atomic mass is 10.4. The van der Waals surface area contributed by atoms with E-state index in [-0.39, 0.29) is 11.9 Å². The summed E-state index contributed by atoms with van der Waals surface area (Å²) < 4.78 is 11.9. The fourth-order valence-corrected chi connectivity index (χ4v) is 2.37. The van der Waals surface area contributed by atoms with Gasteiger partial charge in [0.1, 0.15) is 6.10 Å². The maximum absolute atomic E-state index is 11.6. The van der Waals surface area contributed by atoms with E-state index in [2.05, 4.69) is 15.5 Å². The van der Waals surface area contributed by atoms with Gasteiger partial charge in [-0.3, -0.25) is 0 Å². The summed E-state index contributed by atoms with van der Waals surface area (Å²) in [5, 5.41) is 11.9. The molecule has 0 bridgehead atoms. The number of tetrazole rings is 1. The van der Waals surface area contributed by atoms with Crippen LogP contribution in [-0.2, 0) is 11.3 Å². The van der Waals surface area contributed by atoms with Gasteiger partial charge in [0, 0.05) is 5.75 Å². The van der Waals surface area contributed by atoms with Crippen molar-refractivity contribution in [3.63, 3.8) is 0 Å². The molecule has 8 heteroatoms. The molecule has 0 radical (unpaired) electrons. The standard InChI is InChI=1S/C9H8N4O3S/c14-8(7-2-1-3-15-7)16-6-4-13-9(17-5-6)10-11-12-13/h1-3,6H,4-5H2. The largest absolute Gasteiger partial charge is 0.457 e. The van der Waals surface area contributed by atoms with Crippen molar-refractivity contribution >= 4 is 17.7 Å². The third-order valence-corrected chi connectivity index (χ3v) is 3.36. The Hall–Kier alpha value is -1.83. The third kappa shape index (κ3) is 2.03. The predicted octanol–water partition coefficient (Wildman–Crippen LogP) is 0.597. The van der Waals surface area contributed by atoms with E-state index in [1.807, 2.05) is 0 Å². The fourth-order valence-electron chi connectivity index (χ4n) is 1.50. The van der Waals surface area contributed by atoms with Gasteiger partial charge in [0.2, 0.25) is 10.9 Å². The quantitative estimate of drug-likeness (QED) is 0.723. The zero-order valence-electron chi connectivity index (χ0n) is 8.65. The molecule has 2 aromatic heterocycles. The Morgan fingerprint density at radius 2 is 2.59 bits per heavy atom. The Morgan fingerprint density at radius 3 is 3.41 bits per heavy atom. The van der Waals surface area contributed by atoms with Crippen LogP contribution in [0.2, 0.25) is 0 Å². The highest BCUT2D eigenvalue weighted by Crippen LogP contribution is 2.23. The molecule has 0 spiro atoms. The van der Waals surface area contributed by atoms with Gasteiger partial charge in [0.15, 0.2) is 0 Å². The number of hydrogen-bond acceptors (Lipinski definition) is 7. The summed E-state index contributed by atoms with van der Waals surface area (Å²) in [6.45, 7) is 0.474. The molecule has 17 heavy (non-hydrogen) atoms. The van der Waals surface area contributed by atoms with Gasteiger partial charge in [-0.2, -0.15) is 0 Å². The number of hydrogen-bond donors (Lipinski definition) is 0. The average Bonchev–Trinajstić information content (AvgIpc) is 2.99. The molecule has 2 aromatic rings. The molecule has 1 atom stereocenters. The first kappa shape index (κ1) is 10.3. The molecule has 1 aliphatic heterocycles. The molecule has 1 aliphatic rings. The maximum Gasteiger partial charge on any atom is 0.374 e. The molecule has 0 amide bonds. The number of carbonyl (C=O) groups is 1. The Kier molecular flexibility index (Phi) is 2.56. The lowest BCUT2D eigenvalue weighted by molar-refractivity contribution is 0.0259. The van der Waals surface area contributed by atoms with Crippen molar-refractivity contribution in [2.75, 3.05) is 5.75 Å². The minimum absolute atomic E-state index is 0.206. The lowest BCUT2D eigenvalue weighted by Crippen LogP contribution is -2.30. The van der Waals surface area contributed by atoms with Gasteiger partial charge < -0.3 is 9.15 Å². The van der Waals surface area contributed by atoms with E-state index in [9.17, 15) is 4.79 Å². The van der Waals surface area contributed by atoms with Crippen molar-refractivity contribution in [3.05, 3.63) is 24.2 Å². The van der Waals surface area contributed by atoms with Crippen LogP contribution in [0.3, 0.4) is 0 Å². The molecule has 7 nitrogen and oxygen atoms in total.